The van der Waals surface area contributed by atoms with Crippen LogP contribution in [0.2, 0.25) is 0 Å². The molecular weight excluding hydrogens is 276 g/mol. The molecule has 0 aliphatic rings. The molecule has 2 aromatic rings. The Morgan fingerprint density at radius 1 is 1.09 bits per heavy atom. The van der Waals surface area contributed by atoms with Crippen LogP contribution in [0.3, 0.4) is 0 Å². The lowest BCUT2D eigenvalue weighted by molar-refractivity contribution is 0.245. The monoisotopic (exact) mass is 298 g/mol. The highest BCUT2D eigenvalue weighted by Crippen LogP contribution is 2.16. The maximum Gasteiger partial charge on any atom is 0.321 e. The van der Waals surface area contributed by atoms with Crippen LogP contribution < -0.4 is 15.0 Å². The van der Waals surface area contributed by atoms with Gasteiger partial charge in [-0.1, -0.05) is 36.4 Å². The first-order chi connectivity index (χ1) is 10.7. The number of para-hydroxylation sites is 2. The van der Waals surface area contributed by atoms with Crippen molar-refractivity contribution in [3.8, 4) is 5.75 Å². The highest BCUT2D eigenvalue weighted by atomic mass is 16.5. The quantitative estimate of drug-likeness (QED) is 0.828. The van der Waals surface area contributed by atoms with Crippen molar-refractivity contribution in [1.82, 2.24) is 5.32 Å². The zero-order valence-corrected chi connectivity index (χ0v) is 13.1. The van der Waals surface area contributed by atoms with E-state index in [1.807, 2.05) is 61.5 Å². The molecule has 0 heterocycles. The highest BCUT2D eigenvalue weighted by Gasteiger charge is 2.09. The van der Waals surface area contributed by atoms with Crippen molar-refractivity contribution in [2.75, 3.05) is 25.1 Å². The van der Waals surface area contributed by atoms with Crippen LogP contribution >= 0.6 is 0 Å². The van der Waals surface area contributed by atoms with Crippen LogP contribution in [0.25, 0.3) is 0 Å². The van der Waals surface area contributed by atoms with E-state index in [4.69, 9.17) is 4.74 Å². The van der Waals surface area contributed by atoms with Gasteiger partial charge in [0.15, 0.2) is 0 Å². The van der Waals surface area contributed by atoms with Crippen molar-refractivity contribution < 1.29 is 9.53 Å². The van der Waals surface area contributed by atoms with Crippen molar-refractivity contribution in [2.45, 2.75) is 13.3 Å². The van der Waals surface area contributed by atoms with Gasteiger partial charge in [0.2, 0.25) is 0 Å². The van der Waals surface area contributed by atoms with Crippen LogP contribution in [0.5, 0.6) is 5.75 Å². The number of anilines is 1. The smallest absolute Gasteiger partial charge is 0.321 e. The van der Waals surface area contributed by atoms with Crippen molar-refractivity contribution >= 4 is 11.7 Å². The normalized spacial score (nSPS) is 10.1. The van der Waals surface area contributed by atoms with Crippen molar-refractivity contribution in [3.05, 3.63) is 60.2 Å². The van der Waals surface area contributed by atoms with E-state index in [1.165, 1.54) is 0 Å². The minimum atomic E-state index is -0.109. The summed E-state index contributed by atoms with van der Waals surface area (Å²) in [6, 6.07) is 17.4. The lowest BCUT2D eigenvalue weighted by Crippen LogP contribution is -2.38. The zero-order valence-electron chi connectivity index (χ0n) is 13.1. The second-order valence-corrected chi connectivity index (χ2v) is 5.09. The van der Waals surface area contributed by atoms with E-state index < -0.39 is 0 Å². The molecule has 0 aromatic heterocycles. The molecule has 4 nitrogen and oxygen atoms in total. The predicted octanol–water partition coefficient (Wildman–Crippen LogP) is 3.61. The summed E-state index contributed by atoms with van der Waals surface area (Å²) in [5.41, 5.74) is 1.99. The first kappa shape index (κ1) is 15.9. The van der Waals surface area contributed by atoms with Gasteiger partial charge in [-0.3, -0.25) is 4.90 Å². The summed E-state index contributed by atoms with van der Waals surface area (Å²) in [6.45, 7) is 3.19. The van der Waals surface area contributed by atoms with Crippen molar-refractivity contribution in [3.63, 3.8) is 0 Å². The number of carbonyl (C=O) groups excluding carboxylic acids is 1. The number of nitrogens with one attached hydrogen (secondary N) is 1. The summed E-state index contributed by atoms with van der Waals surface area (Å²) in [6.07, 6.45) is 0.767. The SMILES string of the molecule is Cc1ccccc1OCCCNC(=O)N(C)c1ccccc1. The topological polar surface area (TPSA) is 41.6 Å². The molecule has 22 heavy (non-hydrogen) atoms. The van der Waals surface area contributed by atoms with Gasteiger partial charge in [-0.2, -0.15) is 0 Å². The molecule has 0 radical (unpaired) electrons. The van der Waals surface area contributed by atoms with Crippen LogP contribution in [0.1, 0.15) is 12.0 Å². The van der Waals surface area contributed by atoms with Gasteiger partial charge in [0, 0.05) is 19.3 Å². The number of urea groups is 1. The molecule has 0 aliphatic carbocycles. The molecule has 1 N–H and O–H groups in total. The second-order valence-electron chi connectivity index (χ2n) is 5.09. The molecule has 4 heteroatoms. The minimum Gasteiger partial charge on any atom is -0.493 e. The molecule has 0 atom stereocenters. The van der Waals surface area contributed by atoms with Crippen molar-refractivity contribution in [1.29, 1.82) is 0 Å². The number of amides is 2. The molecule has 0 aliphatic heterocycles. The second kappa shape index (κ2) is 8.08. The number of nitrogens with zero attached hydrogens (tertiary/aromatic N) is 1. The lowest BCUT2D eigenvalue weighted by Gasteiger charge is -2.18. The van der Waals surface area contributed by atoms with Crippen LogP contribution in [0, 0.1) is 6.92 Å². The van der Waals surface area contributed by atoms with E-state index in [0.717, 1.165) is 23.4 Å². The third-order valence-electron chi connectivity index (χ3n) is 3.40. The van der Waals surface area contributed by atoms with Gasteiger partial charge < -0.3 is 10.1 Å². The Labute approximate surface area is 131 Å². The Kier molecular flexibility index (Phi) is 5.83. The van der Waals surface area contributed by atoms with E-state index in [2.05, 4.69) is 5.32 Å². The molecule has 0 saturated heterocycles. The average Bonchev–Trinajstić information content (AvgIpc) is 2.56. The fourth-order valence-corrected chi connectivity index (χ4v) is 2.06. The van der Waals surface area contributed by atoms with Gasteiger partial charge >= 0.3 is 6.03 Å². The summed E-state index contributed by atoms with van der Waals surface area (Å²) < 4.78 is 5.70. The standard InChI is InChI=1S/C18H22N2O2/c1-15-9-6-7-12-17(15)22-14-8-13-19-18(21)20(2)16-10-4-3-5-11-16/h3-7,9-12H,8,13-14H2,1-2H3,(H,19,21). The number of ether oxygens (including phenoxy) is 1. The number of carbonyl (C=O) groups is 1. The number of benzene rings is 2. The van der Waals surface area contributed by atoms with E-state index in [9.17, 15) is 4.79 Å². The summed E-state index contributed by atoms with van der Waals surface area (Å²) in [5.74, 6) is 0.898. The van der Waals surface area contributed by atoms with Crippen LogP contribution in [-0.2, 0) is 0 Å². The molecule has 2 amide bonds. The molecular formula is C18H22N2O2. The highest BCUT2D eigenvalue weighted by molar-refractivity contribution is 5.91. The summed E-state index contributed by atoms with van der Waals surface area (Å²) >= 11 is 0. The first-order valence-electron chi connectivity index (χ1n) is 7.43. The Morgan fingerprint density at radius 3 is 2.50 bits per heavy atom. The predicted molar refractivity (Wildman–Crippen MR) is 89.5 cm³/mol. The zero-order chi connectivity index (χ0) is 15.8. The van der Waals surface area contributed by atoms with Gasteiger partial charge in [0.1, 0.15) is 5.75 Å². The van der Waals surface area contributed by atoms with Gasteiger partial charge in [-0.25, -0.2) is 4.79 Å². The molecule has 0 unspecified atom stereocenters. The average molecular weight is 298 g/mol. The van der Waals surface area contributed by atoms with Gasteiger partial charge in [0.25, 0.3) is 0 Å². The lowest BCUT2D eigenvalue weighted by atomic mass is 10.2. The first-order valence-corrected chi connectivity index (χ1v) is 7.43. The fraction of sp³-hybridized carbons (Fsp3) is 0.278. The van der Waals surface area contributed by atoms with E-state index >= 15 is 0 Å². The molecule has 0 fully saturated rings. The number of hydrogen-bond acceptors (Lipinski definition) is 2. The molecule has 0 spiro atoms. The number of hydrogen-bond donors (Lipinski definition) is 1. The number of aryl methyl sites for hydroxylation is 1. The van der Waals surface area contributed by atoms with Gasteiger partial charge in [-0.15, -0.1) is 0 Å². The van der Waals surface area contributed by atoms with Crippen LogP contribution in [0.15, 0.2) is 54.6 Å². The summed E-state index contributed by atoms with van der Waals surface area (Å²) in [7, 11) is 1.76. The van der Waals surface area contributed by atoms with E-state index in [0.29, 0.717) is 13.2 Å². The van der Waals surface area contributed by atoms with Crippen molar-refractivity contribution in [2.24, 2.45) is 0 Å². The summed E-state index contributed by atoms with van der Waals surface area (Å²) in [5, 5.41) is 2.89. The van der Waals surface area contributed by atoms with Crippen LogP contribution in [-0.4, -0.2) is 26.2 Å². The van der Waals surface area contributed by atoms with Gasteiger partial charge in [0.05, 0.1) is 6.61 Å². The number of rotatable bonds is 6. The minimum absolute atomic E-state index is 0.109. The molecule has 2 aromatic carbocycles. The van der Waals surface area contributed by atoms with E-state index in [1.54, 1.807) is 11.9 Å². The molecule has 116 valence electrons. The summed E-state index contributed by atoms with van der Waals surface area (Å²) in [4.78, 5) is 13.6. The maximum absolute atomic E-state index is 12.0. The Balaban J connectivity index is 1.68. The Hall–Kier alpha value is -2.49. The van der Waals surface area contributed by atoms with E-state index in [-0.39, 0.29) is 6.03 Å². The third kappa shape index (κ3) is 4.52. The molecule has 0 saturated carbocycles. The third-order valence-corrected chi connectivity index (χ3v) is 3.40. The van der Waals surface area contributed by atoms with Crippen LogP contribution in [0.4, 0.5) is 10.5 Å². The maximum atomic E-state index is 12.0. The molecule has 2 rings (SSSR count). The Bertz CT molecular complexity index is 599. The molecule has 0 bridgehead atoms. The Morgan fingerprint density at radius 2 is 1.77 bits per heavy atom. The fourth-order valence-electron chi connectivity index (χ4n) is 2.06. The largest absolute Gasteiger partial charge is 0.493 e. The van der Waals surface area contributed by atoms with Gasteiger partial charge in [-0.05, 0) is 37.1 Å².